The summed E-state index contributed by atoms with van der Waals surface area (Å²) in [5.41, 5.74) is 6.90. The number of hydrogen-bond acceptors (Lipinski definition) is 4. The van der Waals surface area contributed by atoms with Crippen LogP contribution in [0.2, 0.25) is 0 Å². The van der Waals surface area contributed by atoms with Crippen molar-refractivity contribution in [3.05, 3.63) is 30.1 Å². The number of nitrogens with one attached hydrogen (secondary N) is 2. The molecule has 2 rings (SSSR count). The Morgan fingerprint density at radius 1 is 1.33 bits per heavy atom. The molecule has 64 valence electrons. The highest BCUT2D eigenvalue weighted by atomic mass is 16.3. The van der Waals surface area contributed by atoms with Crippen molar-refractivity contribution in [2.75, 3.05) is 0 Å². The summed E-state index contributed by atoms with van der Waals surface area (Å²) < 4.78 is 0. The minimum Gasteiger partial charge on any atom is -0.377 e. The molecule has 3 N–H and O–H groups in total. The summed E-state index contributed by atoms with van der Waals surface area (Å²) >= 11 is 0. The second kappa shape index (κ2) is 3.18. The van der Waals surface area contributed by atoms with Gasteiger partial charge in [-0.1, -0.05) is 0 Å². The van der Waals surface area contributed by atoms with Gasteiger partial charge in [0.15, 0.2) is 0 Å². The largest absolute Gasteiger partial charge is 0.377 e. The molecule has 2 unspecified atom stereocenters. The molecule has 1 aromatic heterocycles. The molecule has 0 amide bonds. The Kier molecular flexibility index (Phi) is 2.03. The van der Waals surface area contributed by atoms with E-state index >= 15 is 0 Å². The van der Waals surface area contributed by atoms with Crippen LogP contribution in [-0.4, -0.2) is 16.3 Å². The number of aromatic nitrogens is 1. The van der Waals surface area contributed by atoms with Crippen LogP contribution in [0.25, 0.3) is 0 Å². The van der Waals surface area contributed by atoms with Gasteiger partial charge in [0.2, 0.25) is 0 Å². The standard InChI is InChI=1S/C8H11N3O/c12-8-5-7(10-11-8)6-1-3-9-4-2-6/h1-4,7-8,10-12H,5H2. The lowest BCUT2D eigenvalue weighted by Gasteiger charge is -2.07. The van der Waals surface area contributed by atoms with E-state index in [1.807, 2.05) is 12.1 Å². The minimum absolute atomic E-state index is 0.197. The summed E-state index contributed by atoms with van der Waals surface area (Å²) in [6.45, 7) is 0. The Labute approximate surface area is 70.6 Å². The molecule has 2 atom stereocenters. The van der Waals surface area contributed by atoms with Crippen molar-refractivity contribution in [1.29, 1.82) is 0 Å². The van der Waals surface area contributed by atoms with Crippen molar-refractivity contribution in [3.63, 3.8) is 0 Å². The van der Waals surface area contributed by atoms with Gasteiger partial charge in [0, 0.05) is 18.8 Å². The maximum atomic E-state index is 9.17. The van der Waals surface area contributed by atoms with E-state index in [-0.39, 0.29) is 6.04 Å². The molecule has 0 bridgehead atoms. The first kappa shape index (κ1) is 7.67. The summed E-state index contributed by atoms with van der Waals surface area (Å²) in [6.07, 6.45) is 3.76. The number of aliphatic hydroxyl groups is 1. The summed E-state index contributed by atoms with van der Waals surface area (Å²) in [7, 11) is 0. The quantitative estimate of drug-likeness (QED) is 0.545. The molecule has 1 aliphatic rings. The van der Waals surface area contributed by atoms with E-state index in [1.54, 1.807) is 12.4 Å². The van der Waals surface area contributed by atoms with Gasteiger partial charge in [-0.15, -0.1) is 0 Å². The molecular weight excluding hydrogens is 154 g/mol. The van der Waals surface area contributed by atoms with Crippen LogP contribution in [0.5, 0.6) is 0 Å². The molecule has 1 fully saturated rings. The molecular formula is C8H11N3O. The summed E-state index contributed by atoms with van der Waals surface area (Å²) in [4.78, 5) is 3.93. The van der Waals surface area contributed by atoms with Crippen LogP contribution in [-0.2, 0) is 0 Å². The first-order chi connectivity index (χ1) is 5.86. The lowest BCUT2D eigenvalue weighted by molar-refractivity contribution is 0.153. The summed E-state index contributed by atoms with van der Waals surface area (Å²) in [6, 6.07) is 4.08. The number of aliphatic hydroxyl groups excluding tert-OH is 1. The van der Waals surface area contributed by atoms with Gasteiger partial charge in [0.1, 0.15) is 6.23 Å². The van der Waals surface area contributed by atoms with Gasteiger partial charge < -0.3 is 5.11 Å². The topological polar surface area (TPSA) is 57.2 Å². The third-order valence-corrected chi connectivity index (χ3v) is 1.99. The zero-order valence-corrected chi connectivity index (χ0v) is 6.57. The molecule has 0 spiro atoms. The zero-order valence-electron chi connectivity index (χ0n) is 6.57. The first-order valence-electron chi connectivity index (χ1n) is 3.95. The molecule has 1 aliphatic heterocycles. The maximum absolute atomic E-state index is 9.17. The van der Waals surface area contributed by atoms with Crippen molar-refractivity contribution >= 4 is 0 Å². The van der Waals surface area contributed by atoms with Gasteiger partial charge in [-0.2, -0.15) is 0 Å². The maximum Gasteiger partial charge on any atom is 0.119 e. The molecule has 0 aliphatic carbocycles. The summed E-state index contributed by atoms with van der Waals surface area (Å²) in [5, 5.41) is 9.17. The van der Waals surface area contributed by atoms with Crippen LogP contribution in [0.15, 0.2) is 24.5 Å². The van der Waals surface area contributed by atoms with E-state index in [0.717, 1.165) is 5.56 Å². The Bertz CT molecular complexity index is 252. The second-order valence-corrected chi connectivity index (χ2v) is 2.87. The Morgan fingerprint density at radius 2 is 2.08 bits per heavy atom. The molecule has 4 nitrogen and oxygen atoms in total. The van der Waals surface area contributed by atoms with Gasteiger partial charge in [-0.25, -0.2) is 10.9 Å². The first-order valence-corrected chi connectivity index (χ1v) is 3.95. The van der Waals surface area contributed by atoms with E-state index in [9.17, 15) is 5.11 Å². The Morgan fingerprint density at radius 3 is 2.67 bits per heavy atom. The molecule has 2 heterocycles. The van der Waals surface area contributed by atoms with E-state index in [4.69, 9.17) is 0 Å². The lowest BCUT2D eigenvalue weighted by Crippen LogP contribution is -2.30. The van der Waals surface area contributed by atoms with Gasteiger partial charge in [0.05, 0.1) is 6.04 Å². The highest BCUT2D eigenvalue weighted by molar-refractivity contribution is 5.15. The fraction of sp³-hybridized carbons (Fsp3) is 0.375. The van der Waals surface area contributed by atoms with E-state index in [1.165, 1.54) is 0 Å². The van der Waals surface area contributed by atoms with E-state index in [0.29, 0.717) is 6.42 Å². The van der Waals surface area contributed by atoms with Crippen molar-refractivity contribution in [1.82, 2.24) is 15.8 Å². The average molecular weight is 165 g/mol. The number of rotatable bonds is 1. The van der Waals surface area contributed by atoms with Crippen LogP contribution < -0.4 is 10.9 Å². The van der Waals surface area contributed by atoms with Crippen LogP contribution in [0.4, 0.5) is 0 Å². The Hall–Kier alpha value is -0.970. The van der Waals surface area contributed by atoms with Crippen LogP contribution in [0.1, 0.15) is 18.0 Å². The summed E-state index contributed by atoms with van der Waals surface area (Å²) in [5.74, 6) is 0. The van der Waals surface area contributed by atoms with Crippen molar-refractivity contribution < 1.29 is 5.11 Å². The fourth-order valence-electron chi connectivity index (χ4n) is 1.35. The van der Waals surface area contributed by atoms with E-state index in [2.05, 4.69) is 15.8 Å². The Balaban J connectivity index is 2.11. The number of hydrazine groups is 1. The third kappa shape index (κ3) is 1.45. The van der Waals surface area contributed by atoms with Gasteiger partial charge in [0.25, 0.3) is 0 Å². The molecule has 0 radical (unpaired) electrons. The van der Waals surface area contributed by atoms with Crippen LogP contribution >= 0.6 is 0 Å². The van der Waals surface area contributed by atoms with Crippen molar-refractivity contribution in [2.45, 2.75) is 18.7 Å². The highest BCUT2D eigenvalue weighted by Crippen LogP contribution is 2.19. The van der Waals surface area contributed by atoms with Gasteiger partial charge in [-0.05, 0) is 17.7 Å². The molecule has 4 heteroatoms. The molecule has 1 aromatic rings. The van der Waals surface area contributed by atoms with Crippen molar-refractivity contribution in [2.24, 2.45) is 0 Å². The molecule has 0 saturated carbocycles. The molecule has 12 heavy (non-hydrogen) atoms. The number of pyridine rings is 1. The fourth-order valence-corrected chi connectivity index (χ4v) is 1.35. The normalized spacial score (nSPS) is 29.1. The van der Waals surface area contributed by atoms with Crippen molar-refractivity contribution in [3.8, 4) is 0 Å². The van der Waals surface area contributed by atoms with Crippen LogP contribution in [0, 0.1) is 0 Å². The van der Waals surface area contributed by atoms with Gasteiger partial charge in [-0.3, -0.25) is 4.98 Å². The molecule has 1 saturated heterocycles. The van der Waals surface area contributed by atoms with Gasteiger partial charge >= 0.3 is 0 Å². The second-order valence-electron chi connectivity index (χ2n) is 2.87. The van der Waals surface area contributed by atoms with Crippen LogP contribution in [0.3, 0.4) is 0 Å². The highest BCUT2D eigenvalue weighted by Gasteiger charge is 2.22. The lowest BCUT2D eigenvalue weighted by atomic mass is 10.1. The average Bonchev–Trinajstić information content (AvgIpc) is 2.54. The zero-order chi connectivity index (χ0) is 8.39. The smallest absolute Gasteiger partial charge is 0.119 e. The van der Waals surface area contributed by atoms with E-state index < -0.39 is 6.23 Å². The predicted octanol–water partition coefficient (Wildman–Crippen LogP) is -0.0610. The minimum atomic E-state index is -0.442. The monoisotopic (exact) mass is 165 g/mol. The number of hydrogen-bond donors (Lipinski definition) is 3. The number of nitrogens with zero attached hydrogens (tertiary/aromatic N) is 1. The SMILES string of the molecule is OC1CC(c2ccncc2)NN1. The predicted molar refractivity (Wildman–Crippen MR) is 43.9 cm³/mol. The third-order valence-electron chi connectivity index (χ3n) is 1.99. The molecule has 0 aromatic carbocycles.